The Kier molecular flexibility index (Phi) is 3.93. The first-order valence-corrected chi connectivity index (χ1v) is 6.79. The largest absolute Gasteiger partial charge is 0.325 e. The van der Waals surface area contributed by atoms with Gasteiger partial charge >= 0.3 is 0 Å². The fourth-order valence-electron chi connectivity index (χ4n) is 2.14. The summed E-state index contributed by atoms with van der Waals surface area (Å²) in [5.74, 6) is -0.0613. The number of H-pyrrole nitrogens is 1. The van der Waals surface area contributed by atoms with Crippen molar-refractivity contribution < 1.29 is 4.79 Å². The molecule has 0 aliphatic rings. The van der Waals surface area contributed by atoms with E-state index >= 15 is 0 Å². The van der Waals surface area contributed by atoms with Crippen LogP contribution in [-0.4, -0.2) is 22.6 Å². The fraction of sp³-hybridized carbons (Fsp3) is 0.125. The van der Waals surface area contributed by atoms with Crippen molar-refractivity contribution in [2.75, 3.05) is 11.9 Å². The van der Waals surface area contributed by atoms with Crippen molar-refractivity contribution in [2.24, 2.45) is 0 Å². The Morgan fingerprint density at radius 1 is 1.14 bits per heavy atom. The molecule has 0 spiro atoms. The van der Waals surface area contributed by atoms with Crippen LogP contribution >= 0.6 is 0 Å². The minimum absolute atomic E-state index is 0.0613. The van der Waals surface area contributed by atoms with E-state index in [1.165, 1.54) is 0 Å². The van der Waals surface area contributed by atoms with Gasteiger partial charge in [-0.2, -0.15) is 5.10 Å². The first-order valence-electron chi connectivity index (χ1n) is 6.79. The minimum Gasteiger partial charge on any atom is -0.325 e. The molecule has 3 rings (SSSR count). The summed E-state index contributed by atoms with van der Waals surface area (Å²) in [6.45, 7) is 0.952. The van der Waals surface area contributed by atoms with Gasteiger partial charge in [-0.1, -0.05) is 30.3 Å². The lowest BCUT2D eigenvalue weighted by molar-refractivity contribution is -0.115. The molecular weight excluding hydrogens is 264 g/mol. The first-order chi connectivity index (χ1) is 10.3. The van der Waals surface area contributed by atoms with Gasteiger partial charge in [0, 0.05) is 17.6 Å². The molecule has 0 bridgehead atoms. The zero-order valence-electron chi connectivity index (χ0n) is 11.5. The van der Waals surface area contributed by atoms with Crippen LogP contribution in [-0.2, 0) is 11.3 Å². The Bertz CT molecular complexity index is 736. The van der Waals surface area contributed by atoms with Crippen LogP contribution in [0.4, 0.5) is 5.69 Å². The van der Waals surface area contributed by atoms with Gasteiger partial charge in [-0.3, -0.25) is 9.89 Å². The lowest BCUT2D eigenvalue weighted by atomic mass is 10.2. The molecule has 1 heterocycles. The van der Waals surface area contributed by atoms with Crippen LogP contribution in [0.3, 0.4) is 0 Å². The van der Waals surface area contributed by atoms with Gasteiger partial charge < -0.3 is 10.6 Å². The Morgan fingerprint density at radius 3 is 2.86 bits per heavy atom. The number of hydrogen-bond donors (Lipinski definition) is 3. The maximum absolute atomic E-state index is 11.9. The van der Waals surface area contributed by atoms with Crippen LogP contribution in [0.1, 0.15) is 5.56 Å². The summed E-state index contributed by atoms with van der Waals surface area (Å²) < 4.78 is 0. The van der Waals surface area contributed by atoms with Crippen LogP contribution < -0.4 is 10.6 Å². The molecule has 1 amide bonds. The Labute approximate surface area is 122 Å². The van der Waals surface area contributed by atoms with E-state index in [4.69, 9.17) is 0 Å². The Hall–Kier alpha value is -2.66. The molecule has 0 aliphatic heterocycles. The third kappa shape index (κ3) is 3.46. The number of rotatable bonds is 5. The normalized spacial score (nSPS) is 10.7. The first kappa shape index (κ1) is 13.3. The average Bonchev–Trinajstić information content (AvgIpc) is 2.96. The lowest BCUT2D eigenvalue weighted by Crippen LogP contribution is -2.27. The second kappa shape index (κ2) is 6.19. The van der Waals surface area contributed by atoms with Crippen molar-refractivity contribution >= 4 is 22.5 Å². The standard InChI is InChI=1S/C16H16N4O/c21-16(11-17-9-12-4-2-1-3-5-12)19-14-6-7-15-13(8-14)10-18-20-15/h1-8,10,17H,9,11H2,(H,18,20)(H,19,21). The highest BCUT2D eigenvalue weighted by Crippen LogP contribution is 2.16. The lowest BCUT2D eigenvalue weighted by Gasteiger charge is -2.07. The molecule has 0 saturated carbocycles. The van der Waals surface area contributed by atoms with Crippen LogP contribution in [0, 0.1) is 0 Å². The number of anilines is 1. The number of carbonyl (C=O) groups excluding carboxylic acids is 1. The third-order valence-corrected chi connectivity index (χ3v) is 3.18. The summed E-state index contributed by atoms with van der Waals surface area (Å²) in [5.41, 5.74) is 2.88. The van der Waals surface area contributed by atoms with Crippen molar-refractivity contribution in [1.82, 2.24) is 15.5 Å². The molecule has 2 aromatic carbocycles. The maximum Gasteiger partial charge on any atom is 0.238 e. The van der Waals surface area contributed by atoms with Gasteiger partial charge in [0.25, 0.3) is 0 Å². The summed E-state index contributed by atoms with van der Waals surface area (Å²) in [5, 5.41) is 13.8. The molecule has 3 N–H and O–H groups in total. The van der Waals surface area contributed by atoms with E-state index in [-0.39, 0.29) is 12.5 Å². The zero-order chi connectivity index (χ0) is 14.5. The fourth-order valence-corrected chi connectivity index (χ4v) is 2.14. The number of fused-ring (bicyclic) bond motifs is 1. The zero-order valence-corrected chi connectivity index (χ0v) is 11.5. The predicted octanol–water partition coefficient (Wildman–Crippen LogP) is 2.29. The summed E-state index contributed by atoms with van der Waals surface area (Å²) in [6, 6.07) is 15.6. The van der Waals surface area contributed by atoms with Gasteiger partial charge in [0.1, 0.15) is 0 Å². The van der Waals surface area contributed by atoms with Gasteiger partial charge in [0.2, 0.25) is 5.91 Å². The van der Waals surface area contributed by atoms with Crippen LogP contribution in [0.25, 0.3) is 10.9 Å². The second-order valence-electron chi connectivity index (χ2n) is 4.81. The van der Waals surface area contributed by atoms with E-state index < -0.39 is 0 Å². The number of hydrogen-bond acceptors (Lipinski definition) is 3. The topological polar surface area (TPSA) is 69.8 Å². The van der Waals surface area contributed by atoms with Crippen molar-refractivity contribution in [3.05, 3.63) is 60.3 Å². The molecule has 1 aromatic heterocycles. The molecule has 5 heteroatoms. The highest BCUT2D eigenvalue weighted by Gasteiger charge is 2.03. The number of carbonyl (C=O) groups is 1. The number of nitrogens with zero attached hydrogens (tertiary/aromatic N) is 1. The molecule has 0 radical (unpaired) electrons. The summed E-state index contributed by atoms with van der Waals surface area (Å²) in [4.78, 5) is 11.9. The molecule has 3 aromatic rings. The molecule has 21 heavy (non-hydrogen) atoms. The van der Waals surface area contributed by atoms with Crippen LogP contribution in [0.2, 0.25) is 0 Å². The molecule has 0 saturated heterocycles. The predicted molar refractivity (Wildman–Crippen MR) is 82.9 cm³/mol. The SMILES string of the molecule is O=C(CNCc1ccccc1)Nc1ccc2[nH]ncc2c1. The van der Waals surface area contributed by atoms with Gasteiger partial charge in [-0.25, -0.2) is 0 Å². The van der Waals surface area contributed by atoms with Gasteiger partial charge in [-0.05, 0) is 23.8 Å². The van der Waals surface area contributed by atoms with Crippen molar-refractivity contribution in [3.63, 3.8) is 0 Å². The second-order valence-corrected chi connectivity index (χ2v) is 4.81. The quantitative estimate of drug-likeness (QED) is 0.671. The Balaban J connectivity index is 1.51. The molecule has 0 unspecified atom stereocenters. The van der Waals surface area contributed by atoms with E-state index in [1.54, 1.807) is 6.20 Å². The highest BCUT2D eigenvalue weighted by atomic mass is 16.1. The number of amides is 1. The highest BCUT2D eigenvalue weighted by molar-refractivity contribution is 5.94. The Morgan fingerprint density at radius 2 is 2.00 bits per heavy atom. The number of benzene rings is 2. The molecule has 5 nitrogen and oxygen atoms in total. The van der Waals surface area contributed by atoms with Gasteiger partial charge in [0.05, 0.1) is 18.3 Å². The summed E-state index contributed by atoms with van der Waals surface area (Å²) in [6.07, 6.45) is 1.73. The van der Waals surface area contributed by atoms with E-state index in [1.807, 2.05) is 48.5 Å². The molecule has 0 atom stereocenters. The number of nitrogens with one attached hydrogen (secondary N) is 3. The van der Waals surface area contributed by atoms with Crippen LogP contribution in [0.15, 0.2) is 54.7 Å². The smallest absolute Gasteiger partial charge is 0.238 e. The number of aromatic nitrogens is 2. The van der Waals surface area contributed by atoms with Crippen LogP contribution in [0.5, 0.6) is 0 Å². The molecule has 0 fully saturated rings. The molecule has 106 valence electrons. The maximum atomic E-state index is 11.9. The van der Waals surface area contributed by atoms with E-state index in [0.717, 1.165) is 22.2 Å². The summed E-state index contributed by atoms with van der Waals surface area (Å²) in [7, 11) is 0. The van der Waals surface area contributed by atoms with Gasteiger partial charge in [-0.15, -0.1) is 0 Å². The van der Waals surface area contributed by atoms with E-state index in [9.17, 15) is 4.79 Å². The number of aromatic amines is 1. The molecular formula is C16H16N4O. The van der Waals surface area contributed by atoms with Crippen molar-refractivity contribution in [3.8, 4) is 0 Å². The van der Waals surface area contributed by atoms with E-state index in [2.05, 4.69) is 20.8 Å². The molecule has 0 aliphatic carbocycles. The minimum atomic E-state index is -0.0613. The third-order valence-electron chi connectivity index (χ3n) is 3.18. The average molecular weight is 280 g/mol. The monoisotopic (exact) mass is 280 g/mol. The van der Waals surface area contributed by atoms with Crippen molar-refractivity contribution in [1.29, 1.82) is 0 Å². The van der Waals surface area contributed by atoms with E-state index in [0.29, 0.717) is 6.54 Å². The summed E-state index contributed by atoms with van der Waals surface area (Å²) >= 11 is 0. The van der Waals surface area contributed by atoms with Crippen molar-refractivity contribution in [2.45, 2.75) is 6.54 Å². The van der Waals surface area contributed by atoms with Gasteiger partial charge in [0.15, 0.2) is 0 Å².